The highest BCUT2D eigenvalue weighted by atomic mass is 32.2. The van der Waals surface area contributed by atoms with Crippen molar-refractivity contribution < 1.29 is 27.5 Å². The number of carbonyl (C=O) groups excluding carboxylic acids is 2. The molecule has 1 amide bonds. The third-order valence-corrected chi connectivity index (χ3v) is 4.23. The first-order valence-corrected chi connectivity index (χ1v) is 8.84. The van der Waals surface area contributed by atoms with Crippen molar-refractivity contribution in [2.45, 2.75) is 24.8 Å². The lowest BCUT2D eigenvalue weighted by Crippen LogP contribution is -2.37. The maximum Gasteiger partial charge on any atom is 0.339 e. The van der Waals surface area contributed by atoms with Gasteiger partial charge in [-0.1, -0.05) is 6.07 Å². The van der Waals surface area contributed by atoms with Gasteiger partial charge >= 0.3 is 5.97 Å². The van der Waals surface area contributed by atoms with Gasteiger partial charge in [-0.05, 0) is 31.5 Å². The minimum absolute atomic E-state index is 0.0206. The predicted octanol–water partition coefficient (Wildman–Crippen LogP) is 0.706. The van der Waals surface area contributed by atoms with Crippen LogP contribution < -0.4 is 5.32 Å². The SMILES string of the molecule is COCCNC(=O)[C@H](C)OC(=O)c1cc(S(C)(=O)=O)ccc1C. The molecule has 1 atom stereocenters. The molecule has 0 saturated carbocycles. The zero-order chi connectivity index (χ0) is 17.6. The summed E-state index contributed by atoms with van der Waals surface area (Å²) in [5.74, 6) is -1.20. The maximum absolute atomic E-state index is 12.2. The number of methoxy groups -OCH3 is 1. The molecule has 0 heterocycles. The van der Waals surface area contributed by atoms with E-state index in [1.807, 2.05) is 0 Å². The van der Waals surface area contributed by atoms with Gasteiger partial charge in [-0.2, -0.15) is 0 Å². The van der Waals surface area contributed by atoms with E-state index in [0.29, 0.717) is 18.7 Å². The van der Waals surface area contributed by atoms with Crippen LogP contribution in [0.5, 0.6) is 0 Å². The molecule has 8 heteroatoms. The van der Waals surface area contributed by atoms with Gasteiger partial charge in [0.05, 0.1) is 17.1 Å². The van der Waals surface area contributed by atoms with E-state index in [2.05, 4.69) is 5.32 Å². The number of sulfone groups is 1. The van der Waals surface area contributed by atoms with E-state index in [1.54, 1.807) is 6.92 Å². The van der Waals surface area contributed by atoms with Crippen LogP contribution in [0.4, 0.5) is 0 Å². The highest BCUT2D eigenvalue weighted by molar-refractivity contribution is 7.90. The van der Waals surface area contributed by atoms with Gasteiger partial charge < -0.3 is 14.8 Å². The minimum Gasteiger partial charge on any atom is -0.449 e. The van der Waals surface area contributed by atoms with Gasteiger partial charge in [0, 0.05) is 19.9 Å². The standard InChI is InChI=1S/C15H21NO6S/c1-10-5-6-12(23(4,19)20)9-13(10)15(18)22-11(2)14(17)16-7-8-21-3/h5-6,9,11H,7-8H2,1-4H3,(H,16,17)/t11-/m0/s1. The van der Waals surface area contributed by atoms with Crippen LogP contribution in [-0.2, 0) is 24.1 Å². The van der Waals surface area contributed by atoms with E-state index in [9.17, 15) is 18.0 Å². The predicted molar refractivity (Wildman–Crippen MR) is 84.1 cm³/mol. The number of hydrogen-bond acceptors (Lipinski definition) is 6. The number of nitrogens with one attached hydrogen (secondary N) is 1. The monoisotopic (exact) mass is 343 g/mol. The third kappa shape index (κ3) is 5.65. The smallest absolute Gasteiger partial charge is 0.339 e. The molecule has 0 radical (unpaired) electrons. The largest absolute Gasteiger partial charge is 0.449 e. The number of ether oxygens (including phenoxy) is 2. The van der Waals surface area contributed by atoms with E-state index in [-0.39, 0.29) is 10.5 Å². The van der Waals surface area contributed by atoms with Crippen molar-refractivity contribution in [3.05, 3.63) is 29.3 Å². The summed E-state index contributed by atoms with van der Waals surface area (Å²) in [4.78, 5) is 23.9. The molecule has 0 spiro atoms. The Labute approximate surface area is 135 Å². The van der Waals surface area contributed by atoms with Crippen molar-refractivity contribution in [2.75, 3.05) is 26.5 Å². The van der Waals surface area contributed by atoms with Gasteiger partial charge in [-0.15, -0.1) is 0 Å². The first-order chi connectivity index (χ1) is 10.7. The summed E-state index contributed by atoms with van der Waals surface area (Å²) in [6, 6.07) is 4.20. The van der Waals surface area contributed by atoms with E-state index in [1.165, 1.54) is 32.2 Å². The van der Waals surface area contributed by atoms with E-state index in [0.717, 1.165) is 6.26 Å². The van der Waals surface area contributed by atoms with Crippen LogP contribution in [-0.4, -0.2) is 52.9 Å². The molecule has 0 saturated heterocycles. The van der Waals surface area contributed by atoms with Crippen LogP contribution in [0.2, 0.25) is 0 Å². The van der Waals surface area contributed by atoms with Crippen molar-refractivity contribution in [1.29, 1.82) is 0 Å². The number of esters is 1. The van der Waals surface area contributed by atoms with Crippen molar-refractivity contribution in [3.63, 3.8) is 0 Å². The Morgan fingerprint density at radius 3 is 2.52 bits per heavy atom. The number of hydrogen-bond donors (Lipinski definition) is 1. The Balaban J connectivity index is 2.83. The summed E-state index contributed by atoms with van der Waals surface area (Å²) >= 11 is 0. The molecular weight excluding hydrogens is 322 g/mol. The Morgan fingerprint density at radius 1 is 1.30 bits per heavy atom. The Hall–Kier alpha value is -1.93. The summed E-state index contributed by atoms with van der Waals surface area (Å²) in [5.41, 5.74) is 0.679. The van der Waals surface area contributed by atoms with E-state index in [4.69, 9.17) is 9.47 Å². The third-order valence-electron chi connectivity index (χ3n) is 3.12. The molecule has 0 aliphatic carbocycles. The highest BCUT2D eigenvalue weighted by Crippen LogP contribution is 2.17. The van der Waals surface area contributed by atoms with Gasteiger partial charge in [0.25, 0.3) is 5.91 Å². The summed E-state index contributed by atoms with van der Waals surface area (Å²) in [6.45, 7) is 3.75. The first-order valence-electron chi connectivity index (χ1n) is 6.95. The fourth-order valence-corrected chi connectivity index (χ4v) is 2.40. The van der Waals surface area contributed by atoms with Gasteiger partial charge in [0.2, 0.25) is 0 Å². The average Bonchev–Trinajstić information content (AvgIpc) is 2.46. The number of rotatable bonds is 7. The quantitative estimate of drug-likeness (QED) is 0.578. The number of aryl methyl sites for hydroxylation is 1. The zero-order valence-electron chi connectivity index (χ0n) is 13.6. The number of amides is 1. The van der Waals surface area contributed by atoms with Crippen molar-refractivity contribution >= 4 is 21.7 Å². The highest BCUT2D eigenvalue weighted by Gasteiger charge is 2.21. The minimum atomic E-state index is -3.44. The second kappa shape index (κ2) is 8.07. The number of benzene rings is 1. The first kappa shape index (κ1) is 19.1. The molecule has 1 rings (SSSR count). The van der Waals surface area contributed by atoms with Gasteiger partial charge in [0.1, 0.15) is 0 Å². The van der Waals surface area contributed by atoms with Crippen LogP contribution in [0.1, 0.15) is 22.8 Å². The molecule has 0 unspecified atom stereocenters. The second-order valence-electron chi connectivity index (χ2n) is 5.08. The Kier molecular flexibility index (Phi) is 6.71. The zero-order valence-corrected chi connectivity index (χ0v) is 14.4. The molecule has 0 fully saturated rings. The molecule has 1 N–H and O–H groups in total. The average molecular weight is 343 g/mol. The molecule has 0 aliphatic rings. The fraction of sp³-hybridized carbons (Fsp3) is 0.467. The molecule has 0 aromatic heterocycles. The van der Waals surface area contributed by atoms with Crippen LogP contribution in [0.3, 0.4) is 0 Å². The molecule has 7 nitrogen and oxygen atoms in total. The molecule has 1 aromatic rings. The summed E-state index contributed by atoms with van der Waals surface area (Å²) in [6.07, 6.45) is 0.0548. The van der Waals surface area contributed by atoms with Crippen LogP contribution in [0, 0.1) is 6.92 Å². The Bertz CT molecular complexity index is 683. The lowest BCUT2D eigenvalue weighted by atomic mass is 10.1. The van der Waals surface area contributed by atoms with Crippen LogP contribution in [0.25, 0.3) is 0 Å². The van der Waals surface area contributed by atoms with Crippen molar-refractivity contribution in [2.24, 2.45) is 0 Å². The fourth-order valence-electron chi connectivity index (χ4n) is 1.75. The van der Waals surface area contributed by atoms with Gasteiger partial charge in [0.15, 0.2) is 15.9 Å². The topological polar surface area (TPSA) is 98.8 Å². The van der Waals surface area contributed by atoms with Gasteiger partial charge in [-0.25, -0.2) is 13.2 Å². The summed E-state index contributed by atoms with van der Waals surface area (Å²) in [5, 5.41) is 2.55. The normalized spacial score (nSPS) is 12.5. The molecule has 0 bridgehead atoms. The van der Waals surface area contributed by atoms with E-state index >= 15 is 0 Å². The summed E-state index contributed by atoms with van der Waals surface area (Å²) in [7, 11) is -1.93. The molecule has 0 aliphatic heterocycles. The molecule has 128 valence electrons. The molecule has 1 aromatic carbocycles. The van der Waals surface area contributed by atoms with E-state index < -0.39 is 27.8 Å². The lowest BCUT2D eigenvalue weighted by Gasteiger charge is -2.14. The lowest BCUT2D eigenvalue weighted by molar-refractivity contribution is -0.129. The molecular formula is C15H21NO6S. The van der Waals surface area contributed by atoms with Gasteiger partial charge in [-0.3, -0.25) is 4.79 Å². The second-order valence-corrected chi connectivity index (χ2v) is 7.10. The van der Waals surface area contributed by atoms with Crippen molar-refractivity contribution in [3.8, 4) is 0 Å². The van der Waals surface area contributed by atoms with Crippen LogP contribution >= 0.6 is 0 Å². The molecule has 23 heavy (non-hydrogen) atoms. The Morgan fingerprint density at radius 2 is 1.96 bits per heavy atom. The van der Waals surface area contributed by atoms with Crippen LogP contribution in [0.15, 0.2) is 23.1 Å². The summed E-state index contributed by atoms with van der Waals surface area (Å²) < 4.78 is 33.0. The maximum atomic E-state index is 12.2. The number of carbonyl (C=O) groups is 2. The van der Waals surface area contributed by atoms with Crippen molar-refractivity contribution in [1.82, 2.24) is 5.32 Å².